The van der Waals surface area contributed by atoms with Gasteiger partial charge in [0.25, 0.3) is 0 Å². The van der Waals surface area contributed by atoms with Crippen molar-refractivity contribution < 1.29 is 9.47 Å². The minimum atomic E-state index is 0.181. The topological polar surface area (TPSA) is 30.5 Å². The summed E-state index contributed by atoms with van der Waals surface area (Å²) >= 11 is 0. The van der Waals surface area contributed by atoms with Crippen molar-refractivity contribution in [2.75, 3.05) is 26.8 Å². The second kappa shape index (κ2) is 12.0. The summed E-state index contributed by atoms with van der Waals surface area (Å²) in [5.41, 5.74) is 6.57. The maximum absolute atomic E-state index is 6.50. The molecule has 0 spiro atoms. The van der Waals surface area contributed by atoms with Gasteiger partial charge in [-0.1, -0.05) is 78.9 Å². The minimum absolute atomic E-state index is 0.181. The number of benzene rings is 3. The van der Waals surface area contributed by atoms with Crippen molar-refractivity contribution in [3.63, 3.8) is 0 Å². The molecule has 3 aromatic carbocycles. The van der Waals surface area contributed by atoms with Crippen molar-refractivity contribution in [3.05, 3.63) is 95.6 Å². The van der Waals surface area contributed by atoms with Crippen LogP contribution in [0.25, 0.3) is 11.1 Å². The van der Waals surface area contributed by atoms with Gasteiger partial charge < -0.3 is 14.8 Å². The lowest BCUT2D eigenvalue weighted by Gasteiger charge is -2.33. The van der Waals surface area contributed by atoms with Gasteiger partial charge in [-0.15, -0.1) is 0 Å². The van der Waals surface area contributed by atoms with E-state index in [1.54, 1.807) is 7.11 Å². The predicted molar refractivity (Wildman–Crippen MR) is 132 cm³/mol. The molecule has 0 aliphatic carbocycles. The van der Waals surface area contributed by atoms with E-state index in [0.717, 1.165) is 45.4 Å². The van der Waals surface area contributed by atoms with Crippen LogP contribution in [0.4, 0.5) is 0 Å². The molecule has 3 nitrogen and oxygen atoms in total. The van der Waals surface area contributed by atoms with E-state index >= 15 is 0 Å². The number of piperidine rings is 1. The van der Waals surface area contributed by atoms with Crippen molar-refractivity contribution in [2.45, 2.75) is 44.3 Å². The van der Waals surface area contributed by atoms with Crippen LogP contribution in [-0.4, -0.2) is 32.9 Å². The first-order chi connectivity index (χ1) is 15.8. The van der Waals surface area contributed by atoms with Gasteiger partial charge in [-0.2, -0.15) is 0 Å². The molecule has 2 atom stereocenters. The molecule has 1 aliphatic rings. The van der Waals surface area contributed by atoms with Gasteiger partial charge in [0.2, 0.25) is 0 Å². The van der Waals surface area contributed by atoms with Crippen LogP contribution in [0.3, 0.4) is 0 Å². The molecule has 1 saturated heterocycles. The second-order valence-electron chi connectivity index (χ2n) is 8.71. The van der Waals surface area contributed by atoms with Gasteiger partial charge >= 0.3 is 0 Å². The molecule has 0 aromatic heterocycles. The Labute approximate surface area is 192 Å². The molecule has 3 aromatic rings. The molecule has 3 heteroatoms. The highest BCUT2D eigenvalue weighted by Crippen LogP contribution is 2.31. The van der Waals surface area contributed by atoms with E-state index in [9.17, 15) is 0 Å². The lowest BCUT2D eigenvalue weighted by molar-refractivity contribution is 0.0106. The van der Waals surface area contributed by atoms with E-state index in [1.165, 1.54) is 27.8 Å². The first kappa shape index (κ1) is 22.7. The van der Waals surface area contributed by atoms with E-state index in [0.29, 0.717) is 12.5 Å². The van der Waals surface area contributed by atoms with Gasteiger partial charge in [0.1, 0.15) is 0 Å². The van der Waals surface area contributed by atoms with Gasteiger partial charge in [0.15, 0.2) is 0 Å². The van der Waals surface area contributed by atoms with Crippen LogP contribution in [0.1, 0.15) is 41.9 Å². The molecule has 0 bridgehead atoms. The van der Waals surface area contributed by atoms with Crippen LogP contribution in [0.15, 0.2) is 78.9 Å². The molecule has 1 N–H and O–H groups in total. The number of nitrogens with one attached hydrogen (secondary N) is 1. The Morgan fingerprint density at radius 2 is 1.66 bits per heavy atom. The maximum Gasteiger partial charge on any atom is 0.0772 e. The van der Waals surface area contributed by atoms with Crippen molar-refractivity contribution in [1.29, 1.82) is 0 Å². The monoisotopic (exact) mass is 429 g/mol. The normalized spacial score (nSPS) is 18.5. The van der Waals surface area contributed by atoms with Crippen LogP contribution in [-0.2, 0) is 22.5 Å². The fourth-order valence-corrected chi connectivity index (χ4v) is 4.62. The van der Waals surface area contributed by atoms with E-state index < -0.39 is 0 Å². The summed E-state index contributed by atoms with van der Waals surface area (Å²) in [5, 5.41) is 3.53. The molecule has 1 fully saturated rings. The fraction of sp³-hybridized carbons (Fsp3) is 0.379. The SMILES string of the molecule is COCCCCc1cccc(CO[C@H]2CNCC[C@@H]2c2cccc(-c3ccccc3)c2)c1. The zero-order chi connectivity index (χ0) is 22.0. The lowest BCUT2D eigenvalue weighted by atomic mass is 9.86. The smallest absolute Gasteiger partial charge is 0.0772 e. The quantitative estimate of drug-likeness (QED) is 0.402. The summed E-state index contributed by atoms with van der Waals surface area (Å²) in [5.74, 6) is 0.414. The lowest BCUT2D eigenvalue weighted by Crippen LogP contribution is -2.41. The zero-order valence-corrected chi connectivity index (χ0v) is 19.1. The summed E-state index contributed by atoms with van der Waals surface area (Å²) in [4.78, 5) is 0. The highest BCUT2D eigenvalue weighted by atomic mass is 16.5. The average Bonchev–Trinajstić information content (AvgIpc) is 2.86. The fourth-order valence-electron chi connectivity index (χ4n) is 4.62. The van der Waals surface area contributed by atoms with Gasteiger partial charge in [-0.25, -0.2) is 0 Å². The second-order valence-corrected chi connectivity index (χ2v) is 8.71. The molecular weight excluding hydrogens is 394 g/mol. The third-order valence-electron chi connectivity index (χ3n) is 6.37. The number of hydrogen-bond donors (Lipinski definition) is 1. The van der Waals surface area contributed by atoms with Crippen molar-refractivity contribution in [3.8, 4) is 11.1 Å². The first-order valence-electron chi connectivity index (χ1n) is 11.9. The Bertz CT molecular complexity index is 956. The standard InChI is InChI=1S/C29H35NO2/c1-31-18-6-5-9-23-10-7-11-24(19-23)22-32-29-21-30-17-16-28(29)27-15-8-14-26(20-27)25-12-3-2-4-13-25/h2-4,7-8,10-15,19-20,28-30H,5-6,9,16-18,21-22H2,1H3/t28-,29+/m1/s1. The van der Waals surface area contributed by atoms with Crippen LogP contribution < -0.4 is 5.32 Å². The third-order valence-corrected chi connectivity index (χ3v) is 6.37. The van der Waals surface area contributed by atoms with Crippen LogP contribution in [0.2, 0.25) is 0 Å². The van der Waals surface area contributed by atoms with Gasteiger partial charge in [0.05, 0.1) is 12.7 Å². The summed E-state index contributed by atoms with van der Waals surface area (Å²) in [7, 11) is 1.77. The molecular formula is C29H35NO2. The van der Waals surface area contributed by atoms with Crippen molar-refractivity contribution in [1.82, 2.24) is 5.32 Å². The number of methoxy groups -OCH3 is 1. The van der Waals surface area contributed by atoms with Crippen molar-refractivity contribution in [2.24, 2.45) is 0 Å². The van der Waals surface area contributed by atoms with Gasteiger partial charge in [-0.05, 0) is 60.0 Å². The molecule has 0 radical (unpaired) electrons. The molecule has 0 saturated carbocycles. The third kappa shape index (κ3) is 6.29. The Kier molecular flexibility index (Phi) is 8.49. The first-order valence-corrected chi connectivity index (χ1v) is 11.9. The molecule has 1 heterocycles. The molecule has 4 rings (SSSR count). The van der Waals surface area contributed by atoms with E-state index in [-0.39, 0.29) is 6.10 Å². The molecule has 0 unspecified atom stereocenters. The molecule has 1 aliphatic heterocycles. The predicted octanol–water partition coefficient (Wildman–Crippen LogP) is 5.99. The van der Waals surface area contributed by atoms with Gasteiger partial charge in [-0.3, -0.25) is 0 Å². The maximum atomic E-state index is 6.50. The van der Waals surface area contributed by atoms with Crippen LogP contribution in [0, 0.1) is 0 Å². The van der Waals surface area contributed by atoms with Crippen LogP contribution in [0.5, 0.6) is 0 Å². The summed E-state index contributed by atoms with van der Waals surface area (Å²) in [6.45, 7) is 3.44. The number of rotatable bonds is 10. The van der Waals surface area contributed by atoms with E-state index in [1.807, 2.05) is 0 Å². The summed E-state index contributed by atoms with van der Waals surface area (Å²) in [6.07, 6.45) is 4.64. The largest absolute Gasteiger partial charge is 0.385 e. The Morgan fingerprint density at radius 3 is 2.53 bits per heavy atom. The minimum Gasteiger partial charge on any atom is -0.385 e. The summed E-state index contributed by atoms with van der Waals surface area (Å²) < 4.78 is 11.7. The molecule has 0 amide bonds. The Hall–Kier alpha value is -2.46. The summed E-state index contributed by atoms with van der Waals surface area (Å²) in [6, 6.07) is 28.5. The number of aryl methyl sites for hydroxylation is 1. The number of ether oxygens (including phenoxy) is 2. The zero-order valence-electron chi connectivity index (χ0n) is 19.1. The van der Waals surface area contributed by atoms with E-state index in [4.69, 9.17) is 9.47 Å². The van der Waals surface area contributed by atoms with Crippen molar-refractivity contribution >= 4 is 0 Å². The Balaban J connectivity index is 1.40. The van der Waals surface area contributed by atoms with Gasteiger partial charge in [0, 0.05) is 26.2 Å². The highest BCUT2D eigenvalue weighted by Gasteiger charge is 2.27. The number of unbranched alkanes of at least 4 members (excludes halogenated alkanes) is 1. The molecule has 168 valence electrons. The molecule has 32 heavy (non-hydrogen) atoms. The Morgan fingerprint density at radius 1 is 0.844 bits per heavy atom. The van der Waals surface area contributed by atoms with Crippen LogP contribution >= 0.6 is 0 Å². The highest BCUT2D eigenvalue weighted by molar-refractivity contribution is 5.64. The average molecular weight is 430 g/mol. The van der Waals surface area contributed by atoms with E-state index in [2.05, 4.69) is 84.2 Å². The number of hydrogen-bond acceptors (Lipinski definition) is 3.